The molecule has 2 aromatic heterocycles. The zero-order chi connectivity index (χ0) is 26.8. The zero-order valence-electron chi connectivity index (χ0n) is 21.0. The molecule has 39 heavy (non-hydrogen) atoms. The zero-order valence-corrected chi connectivity index (χ0v) is 22.5. The molecule has 0 saturated carbocycles. The predicted octanol–water partition coefficient (Wildman–Crippen LogP) is 6.12. The number of ether oxygens (including phenoxy) is 1. The molecule has 0 N–H and O–H groups in total. The molecule has 3 heterocycles. The van der Waals surface area contributed by atoms with Crippen molar-refractivity contribution in [2.24, 2.45) is 0 Å². The molecule has 6 rings (SSSR count). The van der Waals surface area contributed by atoms with Gasteiger partial charge in [-0.05, 0) is 42.0 Å². The van der Waals surface area contributed by atoms with E-state index < -0.39 is 0 Å². The Labute approximate surface area is 236 Å². The lowest BCUT2D eigenvalue weighted by molar-refractivity contribution is -0.133. The highest BCUT2D eigenvalue weighted by Gasteiger charge is 2.26. The molecular weight excluding hydrogens is 533 g/mol. The number of fused-ring (bicyclic) bond motifs is 1. The van der Waals surface area contributed by atoms with Crippen LogP contribution in [0.15, 0.2) is 91.4 Å². The maximum absolute atomic E-state index is 12.8. The number of hydrogen-bond acceptors (Lipinski definition) is 5. The number of hydrogen-bond donors (Lipinski definition) is 0. The summed E-state index contributed by atoms with van der Waals surface area (Å²) in [7, 11) is 0. The molecule has 196 valence electrons. The molecule has 1 fully saturated rings. The maximum atomic E-state index is 12.8. The first-order valence-electron chi connectivity index (χ1n) is 12.7. The van der Waals surface area contributed by atoms with Crippen LogP contribution in [0.5, 0.6) is 5.75 Å². The summed E-state index contributed by atoms with van der Waals surface area (Å²) in [6, 6.07) is 24.9. The van der Waals surface area contributed by atoms with Gasteiger partial charge in [0.15, 0.2) is 12.3 Å². The molecule has 0 spiro atoms. The largest absolute Gasteiger partial charge is 0.484 e. The van der Waals surface area contributed by atoms with Gasteiger partial charge in [0.25, 0.3) is 5.91 Å². The summed E-state index contributed by atoms with van der Waals surface area (Å²) < 4.78 is 7.69. The summed E-state index contributed by atoms with van der Waals surface area (Å²) >= 11 is 12.5. The van der Waals surface area contributed by atoms with Gasteiger partial charge >= 0.3 is 0 Å². The van der Waals surface area contributed by atoms with E-state index in [1.165, 1.54) is 0 Å². The van der Waals surface area contributed by atoms with Crippen molar-refractivity contribution in [1.29, 1.82) is 0 Å². The summed E-state index contributed by atoms with van der Waals surface area (Å²) in [4.78, 5) is 26.3. The molecule has 7 nitrogen and oxygen atoms in total. The molecule has 1 saturated heterocycles. The van der Waals surface area contributed by atoms with Crippen LogP contribution in [0.1, 0.15) is 0 Å². The third-order valence-corrected chi connectivity index (χ3v) is 7.44. The second kappa shape index (κ2) is 11.0. The van der Waals surface area contributed by atoms with Crippen molar-refractivity contribution in [2.75, 3.05) is 37.7 Å². The summed E-state index contributed by atoms with van der Waals surface area (Å²) in [5.74, 6) is 1.41. The fraction of sp³-hybridized carbons (Fsp3) is 0.167. The minimum absolute atomic E-state index is 0.0156. The van der Waals surface area contributed by atoms with Gasteiger partial charge in [-0.1, -0.05) is 65.7 Å². The fourth-order valence-corrected chi connectivity index (χ4v) is 5.24. The standard InChI is InChI=1S/C30H25Cl2N5O2/c31-22-10-12-23(13-11-22)39-19-27(38)35-14-16-36(17-15-35)29-28-24(21-6-2-1-3-7-21)18-37(30(28)34-20-33-29)26-9-5-4-8-25(26)32/h1-13,18,20H,14-17,19H2. The van der Waals surface area contributed by atoms with Crippen molar-refractivity contribution in [3.8, 4) is 22.6 Å². The van der Waals surface area contributed by atoms with Gasteiger partial charge in [0, 0.05) is 43.0 Å². The first-order chi connectivity index (χ1) is 19.1. The second-order valence-electron chi connectivity index (χ2n) is 9.24. The number of para-hydroxylation sites is 1. The molecule has 3 aromatic carbocycles. The van der Waals surface area contributed by atoms with E-state index >= 15 is 0 Å². The lowest BCUT2D eigenvalue weighted by Gasteiger charge is -2.35. The third kappa shape index (κ3) is 5.15. The van der Waals surface area contributed by atoms with E-state index in [0.29, 0.717) is 42.0 Å². The van der Waals surface area contributed by atoms with Crippen molar-refractivity contribution in [3.05, 3.63) is 101 Å². The van der Waals surface area contributed by atoms with Gasteiger partial charge < -0.3 is 14.5 Å². The Kier molecular flexibility index (Phi) is 7.09. The minimum atomic E-state index is -0.0488. The number of aromatic nitrogens is 3. The van der Waals surface area contributed by atoms with Gasteiger partial charge in [-0.25, -0.2) is 9.97 Å². The fourth-order valence-electron chi connectivity index (χ4n) is 4.89. The minimum Gasteiger partial charge on any atom is -0.484 e. The number of halogens is 2. The average Bonchev–Trinajstić information content (AvgIpc) is 3.37. The van der Waals surface area contributed by atoms with Gasteiger partial charge in [0.05, 0.1) is 16.1 Å². The molecule has 0 unspecified atom stereocenters. The Morgan fingerprint density at radius 3 is 2.31 bits per heavy atom. The third-order valence-electron chi connectivity index (χ3n) is 6.87. The topological polar surface area (TPSA) is 63.5 Å². The molecule has 1 amide bonds. The molecule has 5 aromatic rings. The normalized spacial score (nSPS) is 13.6. The Morgan fingerprint density at radius 2 is 1.56 bits per heavy atom. The van der Waals surface area contributed by atoms with E-state index in [-0.39, 0.29) is 12.5 Å². The number of benzene rings is 3. The SMILES string of the molecule is O=C(COc1ccc(Cl)cc1)N1CCN(c2ncnc3c2c(-c2ccccc2)cn3-c2ccccc2Cl)CC1. The molecule has 0 aliphatic carbocycles. The molecule has 0 bridgehead atoms. The maximum Gasteiger partial charge on any atom is 0.260 e. The molecule has 1 aliphatic heterocycles. The molecular formula is C30H25Cl2N5O2. The summed E-state index contributed by atoms with van der Waals surface area (Å²) in [6.45, 7) is 2.41. The van der Waals surface area contributed by atoms with Crippen LogP contribution < -0.4 is 9.64 Å². The van der Waals surface area contributed by atoms with E-state index in [2.05, 4.69) is 28.2 Å². The van der Waals surface area contributed by atoms with E-state index in [1.807, 2.05) is 51.9 Å². The number of carbonyl (C=O) groups is 1. The first kappa shape index (κ1) is 25.2. The van der Waals surface area contributed by atoms with Crippen LogP contribution in [0, 0.1) is 0 Å². The van der Waals surface area contributed by atoms with Gasteiger partial charge in [0.2, 0.25) is 0 Å². The van der Waals surface area contributed by atoms with E-state index in [9.17, 15) is 4.79 Å². The summed E-state index contributed by atoms with van der Waals surface area (Å²) in [5, 5.41) is 2.22. The molecule has 9 heteroatoms. The molecule has 0 radical (unpaired) electrons. The first-order valence-corrected chi connectivity index (χ1v) is 13.4. The smallest absolute Gasteiger partial charge is 0.260 e. The van der Waals surface area contributed by atoms with Gasteiger partial charge in [0.1, 0.15) is 17.9 Å². The van der Waals surface area contributed by atoms with E-state index in [1.54, 1.807) is 30.6 Å². The number of anilines is 1. The van der Waals surface area contributed by atoms with Crippen LogP contribution in [0.4, 0.5) is 5.82 Å². The molecule has 0 atom stereocenters. The highest BCUT2D eigenvalue weighted by molar-refractivity contribution is 6.32. The van der Waals surface area contributed by atoms with Crippen molar-refractivity contribution in [3.63, 3.8) is 0 Å². The van der Waals surface area contributed by atoms with Gasteiger partial charge in [-0.3, -0.25) is 9.36 Å². The van der Waals surface area contributed by atoms with Crippen molar-refractivity contribution in [1.82, 2.24) is 19.4 Å². The van der Waals surface area contributed by atoms with Crippen molar-refractivity contribution in [2.45, 2.75) is 0 Å². The van der Waals surface area contributed by atoms with Crippen LogP contribution in [0.2, 0.25) is 10.0 Å². The lowest BCUT2D eigenvalue weighted by Crippen LogP contribution is -2.50. The number of piperazine rings is 1. The average molecular weight is 558 g/mol. The van der Waals surface area contributed by atoms with Crippen LogP contribution in [-0.4, -0.2) is 58.1 Å². The van der Waals surface area contributed by atoms with Crippen molar-refractivity contribution < 1.29 is 9.53 Å². The molecule has 1 aliphatic rings. The highest BCUT2D eigenvalue weighted by Crippen LogP contribution is 2.38. The Balaban J connectivity index is 1.27. The predicted molar refractivity (Wildman–Crippen MR) is 155 cm³/mol. The second-order valence-corrected chi connectivity index (χ2v) is 10.1. The number of carbonyl (C=O) groups excluding carboxylic acids is 1. The number of nitrogens with zero attached hydrogens (tertiary/aromatic N) is 5. The van der Waals surface area contributed by atoms with Gasteiger partial charge in [-0.2, -0.15) is 0 Å². The Morgan fingerprint density at radius 1 is 0.846 bits per heavy atom. The van der Waals surface area contributed by atoms with Crippen LogP contribution in [-0.2, 0) is 4.79 Å². The Bertz CT molecular complexity index is 1610. The van der Waals surface area contributed by atoms with Gasteiger partial charge in [-0.15, -0.1) is 0 Å². The Hall–Kier alpha value is -4.07. The van der Waals surface area contributed by atoms with E-state index in [0.717, 1.165) is 33.7 Å². The summed E-state index contributed by atoms with van der Waals surface area (Å²) in [5.41, 5.74) is 3.72. The highest BCUT2D eigenvalue weighted by atomic mass is 35.5. The monoisotopic (exact) mass is 557 g/mol. The van der Waals surface area contributed by atoms with Crippen molar-refractivity contribution >= 4 is 46.0 Å². The van der Waals surface area contributed by atoms with Crippen LogP contribution >= 0.6 is 23.2 Å². The van der Waals surface area contributed by atoms with Crippen LogP contribution in [0.3, 0.4) is 0 Å². The van der Waals surface area contributed by atoms with E-state index in [4.69, 9.17) is 32.9 Å². The quantitative estimate of drug-likeness (QED) is 0.251. The number of rotatable bonds is 6. The number of amides is 1. The summed E-state index contributed by atoms with van der Waals surface area (Å²) in [6.07, 6.45) is 3.67. The lowest BCUT2D eigenvalue weighted by atomic mass is 10.1. The van der Waals surface area contributed by atoms with Crippen LogP contribution in [0.25, 0.3) is 27.8 Å².